The lowest BCUT2D eigenvalue weighted by molar-refractivity contribution is 0.475. The molecule has 0 aliphatic heterocycles. The van der Waals surface area contributed by atoms with Crippen molar-refractivity contribution in [2.24, 2.45) is 0 Å². The molecule has 0 unspecified atom stereocenters. The lowest BCUT2D eigenvalue weighted by Gasteiger charge is -2.35. The number of hydrogen-bond donors (Lipinski definition) is 2. The first kappa shape index (κ1) is 30.9. The number of phenolic OH excluding ortho intramolecular Hbond substituents is 2. The van der Waals surface area contributed by atoms with Crippen LogP contribution in [0.15, 0.2) is 158 Å². The van der Waals surface area contributed by atoms with Crippen molar-refractivity contribution in [2.75, 3.05) is 0 Å². The SMILES string of the molecule is CCc1ccccc1-c1ccc2c(c1)C(c1ccc3cc(O)ccc3c1)(c1ccc3cc(O)ccc3c1)c1cc(-c3ccccc3CC)ccc1-2. The molecule has 0 aromatic heterocycles. The van der Waals surface area contributed by atoms with Crippen molar-refractivity contribution in [1.82, 2.24) is 0 Å². The molecule has 0 bridgehead atoms. The summed E-state index contributed by atoms with van der Waals surface area (Å²) in [5.74, 6) is 0.524. The van der Waals surface area contributed by atoms with Gasteiger partial charge in [-0.05, 0) is 150 Å². The van der Waals surface area contributed by atoms with Gasteiger partial charge in [0, 0.05) is 0 Å². The third kappa shape index (κ3) is 4.86. The van der Waals surface area contributed by atoms with E-state index in [9.17, 15) is 10.2 Å². The zero-order valence-corrected chi connectivity index (χ0v) is 28.8. The molecule has 0 spiro atoms. The molecule has 0 saturated heterocycles. The van der Waals surface area contributed by atoms with Crippen molar-refractivity contribution in [2.45, 2.75) is 32.1 Å². The topological polar surface area (TPSA) is 40.5 Å². The number of aromatic hydroxyl groups is 2. The summed E-state index contributed by atoms with van der Waals surface area (Å²) in [6.45, 7) is 4.45. The van der Waals surface area contributed by atoms with E-state index in [1.165, 1.54) is 66.8 Å². The molecule has 0 radical (unpaired) electrons. The van der Waals surface area contributed by atoms with Gasteiger partial charge in [-0.1, -0.05) is 123 Å². The van der Waals surface area contributed by atoms with Crippen LogP contribution in [0.2, 0.25) is 0 Å². The van der Waals surface area contributed by atoms with Crippen LogP contribution in [0.5, 0.6) is 11.5 Å². The van der Waals surface area contributed by atoms with E-state index >= 15 is 0 Å². The highest BCUT2D eigenvalue weighted by molar-refractivity contribution is 5.94. The summed E-state index contributed by atoms with van der Waals surface area (Å²) in [5.41, 5.74) is 14.2. The van der Waals surface area contributed by atoms with Gasteiger partial charge in [-0.25, -0.2) is 0 Å². The van der Waals surface area contributed by atoms with Crippen molar-refractivity contribution in [3.63, 3.8) is 0 Å². The Morgan fingerprint density at radius 3 is 1.25 bits per heavy atom. The predicted molar refractivity (Wildman–Crippen MR) is 212 cm³/mol. The Kier molecular flexibility index (Phi) is 7.29. The van der Waals surface area contributed by atoms with E-state index in [2.05, 4.69) is 135 Å². The van der Waals surface area contributed by atoms with Gasteiger partial charge in [-0.2, -0.15) is 0 Å². The second kappa shape index (κ2) is 12.0. The average Bonchev–Trinajstić information content (AvgIpc) is 3.47. The quantitative estimate of drug-likeness (QED) is 0.187. The van der Waals surface area contributed by atoms with Gasteiger partial charge in [-0.15, -0.1) is 0 Å². The van der Waals surface area contributed by atoms with Gasteiger partial charge < -0.3 is 10.2 Å². The van der Waals surface area contributed by atoms with Crippen molar-refractivity contribution in [1.29, 1.82) is 0 Å². The molecule has 0 saturated carbocycles. The summed E-state index contributed by atoms with van der Waals surface area (Å²) < 4.78 is 0. The first-order chi connectivity index (χ1) is 25.0. The highest BCUT2D eigenvalue weighted by Crippen LogP contribution is 2.58. The first-order valence-corrected chi connectivity index (χ1v) is 17.9. The van der Waals surface area contributed by atoms with Crippen molar-refractivity contribution in [3.8, 4) is 44.9 Å². The number of phenols is 2. The fourth-order valence-corrected chi connectivity index (χ4v) is 8.60. The minimum Gasteiger partial charge on any atom is -0.508 e. The molecule has 8 aromatic rings. The third-order valence-electron chi connectivity index (χ3n) is 11.1. The Bertz CT molecular complexity index is 2460. The van der Waals surface area contributed by atoms with Crippen LogP contribution in [0.4, 0.5) is 0 Å². The van der Waals surface area contributed by atoms with Crippen LogP contribution in [0, 0.1) is 0 Å². The normalized spacial score (nSPS) is 13.0. The lowest BCUT2D eigenvalue weighted by Crippen LogP contribution is -2.28. The zero-order valence-electron chi connectivity index (χ0n) is 28.8. The highest BCUT2D eigenvalue weighted by Gasteiger charge is 2.47. The summed E-state index contributed by atoms with van der Waals surface area (Å²) in [4.78, 5) is 0. The van der Waals surface area contributed by atoms with Crippen LogP contribution in [0.1, 0.15) is 47.2 Å². The standard InChI is InChI=1S/C49H38O2/c1-3-31-9-5-7-11-43(31)37-17-23-45-46-24-18-38(44-12-8-6-10-32(44)4-2)30-48(46)49(47(45)29-37,39-19-13-35-27-41(50)21-15-33(35)25-39)40-20-14-36-28-42(51)22-16-34(36)26-40/h5-30,50-51H,3-4H2,1-2H3. The molecule has 246 valence electrons. The minimum atomic E-state index is -0.669. The maximum Gasteiger partial charge on any atom is 0.116 e. The summed E-state index contributed by atoms with van der Waals surface area (Å²) in [6.07, 6.45) is 1.90. The molecule has 0 fully saturated rings. The van der Waals surface area contributed by atoms with Gasteiger partial charge in [0.05, 0.1) is 5.41 Å². The van der Waals surface area contributed by atoms with Gasteiger partial charge in [0.25, 0.3) is 0 Å². The maximum absolute atomic E-state index is 10.4. The Hall–Kier alpha value is -6.12. The van der Waals surface area contributed by atoms with Crippen LogP contribution in [0.25, 0.3) is 54.9 Å². The summed E-state index contributed by atoms with van der Waals surface area (Å²) >= 11 is 0. The molecule has 2 nitrogen and oxygen atoms in total. The van der Waals surface area contributed by atoms with Crippen LogP contribution >= 0.6 is 0 Å². The van der Waals surface area contributed by atoms with Gasteiger partial charge in [-0.3, -0.25) is 0 Å². The second-order valence-electron chi connectivity index (χ2n) is 13.8. The fraction of sp³-hybridized carbons (Fsp3) is 0.102. The second-order valence-corrected chi connectivity index (χ2v) is 13.8. The largest absolute Gasteiger partial charge is 0.508 e. The van der Waals surface area contributed by atoms with E-state index in [1.54, 1.807) is 12.1 Å². The van der Waals surface area contributed by atoms with Crippen LogP contribution in [-0.4, -0.2) is 10.2 Å². The molecular weight excluding hydrogens is 621 g/mol. The molecule has 1 aliphatic rings. The third-order valence-corrected chi connectivity index (χ3v) is 11.1. The molecular formula is C49H38O2. The van der Waals surface area contributed by atoms with E-state index in [-0.39, 0.29) is 11.5 Å². The Balaban J connectivity index is 1.42. The molecule has 2 N–H and O–H groups in total. The molecule has 8 aromatic carbocycles. The highest BCUT2D eigenvalue weighted by atomic mass is 16.3. The average molecular weight is 659 g/mol. The van der Waals surface area contributed by atoms with Crippen LogP contribution in [-0.2, 0) is 18.3 Å². The van der Waals surface area contributed by atoms with Gasteiger partial charge in [0.1, 0.15) is 11.5 Å². The zero-order chi connectivity index (χ0) is 34.7. The molecule has 0 amide bonds. The number of hydrogen-bond acceptors (Lipinski definition) is 2. The molecule has 0 atom stereocenters. The van der Waals surface area contributed by atoms with Crippen LogP contribution < -0.4 is 0 Å². The van der Waals surface area contributed by atoms with E-state index in [4.69, 9.17) is 0 Å². The molecule has 51 heavy (non-hydrogen) atoms. The molecule has 0 heterocycles. The van der Waals surface area contributed by atoms with E-state index in [1.807, 2.05) is 24.3 Å². The molecule has 2 heteroatoms. The monoisotopic (exact) mass is 658 g/mol. The molecule has 9 rings (SSSR count). The van der Waals surface area contributed by atoms with Crippen molar-refractivity contribution >= 4 is 21.5 Å². The number of fused-ring (bicyclic) bond motifs is 5. The van der Waals surface area contributed by atoms with Gasteiger partial charge in [0.2, 0.25) is 0 Å². The Morgan fingerprint density at radius 1 is 0.392 bits per heavy atom. The number of aryl methyl sites for hydroxylation is 2. The van der Waals surface area contributed by atoms with Gasteiger partial charge >= 0.3 is 0 Å². The van der Waals surface area contributed by atoms with E-state index in [0.717, 1.165) is 34.4 Å². The first-order valence-electron chi connectivity index (χ1n) is 17.9. The number of benzene rings is 8. The minimum absolute atomic E-state index is 0.262. The van der Waals surface area contributed by atoms with E-state index in [0.29, 0.717) is 0 Å². The lowest BCUT2D eigenvalue weighted by atomic mass is 9.66. The van der Waals surface area contributed by atoms with Crippen LogP contribution in [0.3, 0.4) is 0 Å². The fourth-order valence-electron chi connectivity index (χ4n) is 8.60. The van der Waals surface area contributed by atoms with E-state index < -0.39 is 5.41 Å². The van der Waals surface area contributed by atoms with Crippen molar-refractivity contribution < 1.29 is 10.2 Å². The molecule has 1 aliphatic carbocycles. The Labute approximate surface area is 298 Å². The predicted octanol–water partition coefficient (Wildman–Crippen LogP) is 12.2. The van der Waals surface area contributed by atoms with Crippen molar-refractivity contribution in [3.05, 3.63) is 191 Å². The summed E-state index contributed by atoms with van der Waals surface area (Å²) in [7, 11) is 0. The number of rotatable bonds is 6. The maximum atomic E-state index is 10.4. The summed E-state index contributed by atoms with van der Waals surface area (Å²) in [6, 6.07) is 56.3. The Morgan fingerprint density at radius 2 is 0.804 bits per heavy atom. The van der Waals surface area contributed by atoms with Gasteiger partial charge in [0.15, 0.2) is 0 Å². The smallest absolute Gasteiger partial charge is 0.116 e. The summed E-state index contributed by atoms with van der Waals surface area (Å²) in [5, 5.41) is 24.9.